The van der Waals surface area contributed by atoms with Crippen molar-refractivity contribution in [2.24, 2.45) is 11.8 Å². The number of carbonyl (C=O) groups is 4. The van der Waals surface area contributed by atoms with Crippen LogP contribution in [0.1, 0.15) is 388 Å². The summed E-state index contributed by atoms with van der Waals surface area (Å²) in [5.74, 6) is -0.533. The van der Waals surface area contributed by atoms with Gasteiger partial charge < -0.3 is 33.8 Å². The van der Waals surface area contributed by atoms with E-state index in [2.05, 4.69) is 41.5 Å². The van der Waals surface area contributed by atoms with Crippen molar-refractivity contribution in [1.29, 1.82) is 0 Å². The van der Waals surface area contributed by atoms with Crippen LogP contribution in [0.15, 0.2) is 0 Å². The molecule has 94 heavy (non-hydrogen) atoms. The molecule has 3 N–H and O–H groups in total. The number of esters is 4. The molecule has 0 saturated heterocycles. The Morgan fingerprint density at radius 2 is 0.543 bits per heavy atom. The summed E-state index contributed by atoms with van der Waals surface area (Å²) in [5, 5.41) is 10.6. The zero-order valence-corrected chi connectivity index (χ0v) is 63.1. The van der Waals surface area contributed by atoms with Gasteiger partial charge in [0.2, 0.25) is 0 Å². The fourth-order valence-corrected chi connectivity index (χ4v) is 13.0. The highest BCUT2D eigenvalue weighted by Gasteiger charge is 2.30. The van der Waals surface area contributed by atoms with Crippen LogP contribution in [-0.2, 0) is 65.4 Å². The summed E-state index contributed by atoms with van der Waals surface area (Å²) in [6.07, 6.45) is 54.0. The maximum atomic E-state index is 13.1. The molecule has 19 heteroatoms. The number of aliphatic hydroxyl groups is 1. The highest BCUT2D eigenvalue weighted by molar-refractivity contribution is 7.47. The molecule has 0 aromatic heterocycles. The molecule has 0 aliphatic rings. The van der Waals surface area contributed by atoms with Crippen LogP contribution >= 0.6 is 15.6 Å². The first-order valence-corrected chi connectivity index (χ1v) is 42.0. The first-order valence-electron chi connectivity index (χ1n) is 39.0. The van der Waals surface area contributed by atoms with E-state index < -0.39 is 97.5 Å². The molecule has 0 rings (SSSR count). The van der Waals surface area contributed by atoms with Crippen molar-refractivity contribution in [2.75, 3.05) is 39.6 Å². The smallest absolute Gasteiger partial charge is 0.462 e. The molecule has 0 aliphatic carbocycles. The van der Waals surface area contributed by atoms with Gasteiger partial charge in [-0.1, -0.05) is 337 Å². The van der Waals surface area contributed by atoms with E-state index in [1.165, 1.54) is 199 Å². The lowest BCUT2D eigenvalue weighted by molar-refractivity contribution is -0.161. The van der Waals surface area contributed by atoms with E-state index >= 15 is 0 Å². The normalized spacial score (nSPS) is 14.3. The number of phosphoric acid groups is 2. The maximum Gasteiger partial charge on any atom is 0.472 e. The van der Waals surface area contributed by atoms with Gasteiger partial charge in [-0.05, 0) is 37.5 Å². The molecule has 0 bridgehead atoms. The summed E-state index contributed by atoms with van der Waals surface area (Å²) in [6, 6.07) is 0. The minimum Gasteiger partial charge on any atom is -0.462 e. The number of ether oxygens (including phenoxy) is 4. The van der Waals surface area contributed by atoms with Gasteiger partial charge in [-0.2, -0.15) is 0 Å². The third-order valence-electron chi connectivity index (χ3n) is 17.8. The van der Waals surface area contributed by atoms with E-state index in [9.17, 15) is 43.2 Å². The zero-order chi connectivity index (χ0) is 69.3. The maximum absolute atomic E-state index is 13.1. The summed E-state index contributed by atoms with van der Waals surface area (Å²) in [5.41, 5.74) is 0. The fourth-order valence-electron chi connectivity index (χ4n) is 11.4. The third kappa shape index (κ3) is 67.3. The Kier molecular flexibility index (Phi) is 65.5. The van der Waals surface area contributed by atoms with Gasteiger partial charge in [-0.15, -0.1) is 0 Å². The van der Waals surface area contributed by atoms with Gasteiger partial charge in [0.1, 0.15) is 19.3 Å². The van der Waals surface area contributed by atoms with E-state index in [0.717, 1.165) is 108 Å². The van der Waals surface area contributed by atoms with E-state index in [1.54, 1.807) is 0 Å². The van der Waals surface area contributed by atoms with Gasteiger partial charge in [0.25, 0.3) is 0 Å². The summed E-state index contributed by atoms with van der Waals surface area (Å²) < 4.78 is 68.4. The largest absolute Gasteiger partial charge is 0.472 e. The van der Waals surface area contributed by atoms with Crippen LogP contribution in [0.3, 0.4) is 0 Å². The summed E-state index contributed by atoms with van der Waals surface area (Å²) in [7, 11) is -9.91. The molecule has 0 aliphatic heterocycles. The minimum atomic E-state index is -4.96. The van der Waals surface area contributed by atoms with Crippen LogP contribution in [0.25, 0.3) is 0 Å². The lowest BCUT2D eigenvalue weighted by Crippen LogP contribution is -2.30. The number of carbonyl (C=O) groups excluding carboxylic acids is 4. The highest BCUT2D eigenvalue weighted by Crippen LogP contribution is 2.45. The first kappa shape index (κ1) is 92.1. The van der Waals surface area contributed by atoms with Crippen molar-refractivity contribution < 1.29 is 80.2 Å². The van der Waals surface area contributed by atoms with Gasteiger partial charge in [-0.25, -0.2) is 9.13 Å². The molecule has 0 radical (unpaired) electrons. The molecule has 558 valence electrons. The van der Waals surface area contributed by atoms with Crippen LogP contribution in [-0.4, -0.2) is 96.7 Å². The lowest BCUT2D eigenvalue weighted by atomic mass is 9.99. The molecule has 0 heterocycles. The summed E-state index contributed by atoms with van der Waals surface area (Å²) in [6.45, 7) is 9.60. The monoisotopic (exact) mass is 1380 g/mol. The van der Waals surface area contributed by atoms with E-state index in [-0.39, 0.29) is 25.7 Å². The van der Waals surface area contributed by atoms with Crippen molar-refractivity contribution in [3.8, 4) is 0 Å². The molecule has 0 saturated carbocycles. The SMILES string of the molecule is CCCCCCCCCCCCCCCCCCCC(=O)O[C@H](COC(=O)CCCCCCCCCCCCCCC(C)C)COP(=O)(O)OC[C@@H](O)COP(=O)(O)OC[C@@H](COC(=O)CCCCCCCCCC)OC(=O)CCCCCCCCCCCCC(C)CC. The summed E-state index contributed by atoms with van der Waals surface area (Å²) >= 11 is 0. The van der Waals surface area contributed by atoms with Crippen LogP contribution in [0, 0.1) is 11.8 Å². The Morgan fingerprint density at radius 1 is 0.309 bits per heavy atom. The number of rotatable bonds is 74. The number of phosphoric ester groups is 2. The molecule has 6 atom stereocenters. The molecular weight excluding hydrogens is 1230 g/mol. The summed E-state index contributed by atoms with van der Waals surface area (Å²) in [4.78, 5) is 72.7. The average Bonchev–Trinajstić information content (AvgIpc) is 1.34. The Morgan fingerprint density at radius 3 is 0.809 bits per heavy atom. The molecule has 0 aromatic carbocycles. The molecule has 0 spiro atoms. The van der Waals surface area contributed by atoms with E-state index in [4.69, 9.17) is 37.0 Å². The standard InChI is InChI=1S/C75H146O17P2/c1-7-10-12-14-16-18-19-20-21-22-23-24-29-35-41-47-53-59-74(79)92-71(64-86-73(78)58-52-46-40-34-28-26-25-27-32-37-43-49-55-67(4)5)66-90-94(83,84)88-62-69(76)61-87-93(81,82)89-65-70(63-85-72(77)57-51-45-39-17-15-13-11-8-2)91-75(80)60-54-48-42-36-31-30-33-38-44-50-56-68(6)9-3/h67-71,76H,7-66H2,1-6H3,(H,81,82)(H,83,84)/t68?,69-,70+,71+/m0/s1. The van der Waals surface area contributed by atoms with Gasteiger partial charge in [0.15, 0.2) is 12.2 Å². The molecule has 3 unspecified atom stereocenters. The van der Waals surface area contributed by atoms with Gasteiger partial charge in [0, 0.05) is 25.7 Å². The predicted octanol–water partition coefficient (Wildman–Crippen LogP) is 21.9. The van der Waals surface area contributed by atoms with Crippen LogP contribution < -0.4 is 0 Å². The molecular formula is C75H146O17P2. The van der Waals surface area contributed by atoms with E-state index in [1.807, 2.05) is 0 Å². The first-order chi connectivity index (χ1) is 45.4. The number of unbranched alkanes of at least 4 members (excludes halogenated alkanes) is 43. The highest BCUT2D eigenvalue weighted by atomic mass is 31.2. The van der Waals surface area contributed by atoms with E-state index in [0.29, 0.717) is 25.7 Å². The Balaban J connectivity index is 5.22. The molecule has 17 nitrogen and oxygen atoms in total. The van der Waals surface area contributed by atoms with Crippen molar-refractivity contribution in [3.63, 3.8) is 0 Å². The quantitative estimate of drug-likeness (QED) is 0.0222. The van der Waals surface area contributed by atoms with Gasteiger partial charge in [0.05, 0.1) is 26.4 Å². The zero-order valence-electron chi connectivity index (χ0n) is 61.3. The van der Waals surface area contributed by atoms with Crippen LogP contribution in [0.2, 0.25) is 0 Å². The Bertz CT molecular complexity index is 1820. The third-order valence-corrected chi connectivity index (χ3v) is 19.7. The van der Waals surface area contributed by atoms with Crippen molar-refractivity contribution in [3.05, 3.63) is 0 Å². The molecule has 0 fully saturated rings. The molecule has 0 aromatic rings. The fraction of sp³-hybridized carbons (Fsp3) is 0.947. The number of hydrogen-bond acceptors (Lipinski definition) is 15. The van der Waals surface area contributed by atoms with Crippen LogP contribution in [0.4, 0.5) is 0 Å². The van der Waals surface area contributed by atoms with Crippen molar-refractivity contribution in [1.82, 2.24) is 0 Å². The van der Waals surface area contributed by atoms with Gasteiger partial charge in [-0.3, -0.25) is 37.3 Å². The Labute approximate surface area is 575 Å². The second kappa shape index (κ2) is 66.9. The second-order valence-electron chi connectivity index (χ2n) is 27.8. The number of aliphatic hydroxyl groups excluding tert-OH is 1. The average molecular weight is 1380 g/mol. The van der Waals surface area contributed by atoms with Crippen molar-refractivity contribution in [2.45, 2.75) is 407 Å². The topological polar surface area (TPSA) is 237 Å². The predicted molar refractivity (Wildman–Crippen MR) is 381 cm³/mol. The second-order valence-corrected chi connectivity index (χ2v) is 30.7. The van der Waals surface area contributed by atoms with Gasteiger partial charge >= 0.3 is 39.5 Å². The van der Waals surface area contributed by atoms with Crippen molar-refractivity contribution >= 4 is 39.5 Å². The van der Waals surface area contributed by atoms with Crippen LogP contribution in [0.5, 0.6) is 0 Å². The number of hydrogen-bond donors (Lipinski definition) is 3. The minimum absolute atomic E-state index is 0.106. The Hall–Kier alpha value is -1.94. The molecule has 0 amide bonds. The lowest BCUT2D eigenvalue weighted by Gasteiger charge is -2.21.